The fourth-order valence-corrected chi connectivity index (χ4v) is 6.54. The predicted molar refractivity (Wildman–Crippen MR) is 180 cm³/mol. The molecule has 0 saturated carbocycles. The van der Waals surface area contributed by atoms with E-state index in [-0.39, 0.29) is 12.2 Å². The minimum absolute atomic E-state index is 0.0157. The van der Waals surface area contributed by atoms with Crippen molar-refractivity contribution in [2.45, 2.75) is 25.0 Å². The van der Waals surface area contributed by atoms with Crippen LogP contribution in [0.15, 0.2) is 152 Å². The zero-order valence-electron chi connectivity index (χ0n) is 23.9. The van der Waals surface area contributed by atoms with Crippen LogP contribution < -0.4 is 10.6 Å². The molecule has 0 amide bonds. The van der Waals surface area contributed by atoms with E-state index in [2.05, 4.69) is 167 Å². The molecule has 2 N–H and O–H groups in total. The minimum atomic E-state index is 0.0157. The third kappa shape index (κ3) is 4.78. The maximum absolute atomic E-state index is 3.81. The number of nitrogens with one attached hydrogen (secondary N) is 2. The van der Waals surface area contributed by atoms with Gasteiger partial charge in [0.2, 0.25) is 0 Å². The van der Waals surface area contributed by atoms with Gasteiger partial charge in [-0.05, 0) is 88.8 Å². The molecule has 2 unspecified atom stereocenters. The van der Waals surface area contributed by atoms with Crippen molar-refractivity contribution in [2.24, 2.45) is 0 Å². The zero-order chi connectivity index (χ0) is 28.6. The zero-order valence-corrected chi connectivity index (χ0v) is 23.9. The number of allylic oxidation sites excluding steroid dienone is 4. The lowest BCUT2D eigenvalue weighted by Crippen LogP contribution is -2.37. The molecule has 0 bridgehead atoms. The number of nitrogens with zero attached hydrogens (tertiary/aromatic N) is 1. The summed E-state index contributed by atoms with van der Waals surface area (Å²) in [5, 5.41) is 9.89. The van der Waals surface area contributed by atoms with Gasteiger partial charge in [0, 0.05) is 16.5 Å². The second-order valence-electron chi connectivity index (χ2n) is 11.4. The van der Waals surface area contributed by atoms with Crippen molar-refractivity contribution in [1.82, 2.24) is 15.2 Å². The number of hydrogen-bond acceptors (Lipinski definition) is 2. The lowest BCUT2D eigenvalue weighted by Gasteiger charge is -2.29. The van der Waals surface area contributed by atoms with Crippen molar-refractivity contribution in [3.8, 4) is 16.8 Å². The first-order chi connectivity index (χ1) is 21.3. The van der Waals surface area contributed by atoms with Gasteiger partial charge in [0.15, 0.2) is 0 Å². The van der Waals surface area contributed by atoms with E-state index < -0.39 is 0 Å². The number of benzene rings is 5. The van der Waals surface area contributed by atoms with Gasteiger partial charge in [-0.1, -0.05) is 109 Å². The van der Waals surface area contributed by atoms with E-state index in [9.17, 15) is 0 Å². The fraction of sp³-hybridized carbons (Fsp3) is 0.100. The van der Waals surface area contributed by atoms with E-state index in [0.29, 0.717) is 0 Å². The van der Waals surface area contributed by atoms with Crippen molar-refractivity contribution in [2.75, 3.05) is 0 Å². The maximum atomic E-state index is 3.81. The summed E-state index contributed by atoms with van der Waals surface area (Å²) in [6.45, 7) is 0. The summed E-state index contributed by atoms with van der Waals surface area (Å²) in [4.78, 5) is 0. The summed E-state index contributed by atoms with van der Waals surface area (Å²) >= 11 is 0. The number of rotatable bonds is 5. The van der Waals surface area contributed by atoms with Crippen LogP contribution in [-0.4, -0.2) is 4.57 Å². The van der Waals surface area contributed by atoms with Crippen molar-refractivity contribution in [3.63, 3.8) is 0 Å². The molecule has 5 aromatic carbocycles. The molecule has 6 aromatic rings. The number of fused-ring (bicyclic) bond motifs is 3. The highest BCUT2D eigenvalue weighted by molar-refractivity contribution is 6.09. The normalized spacial score (nSPS) is 18.1. The van der Waals surface area contributed by atoms with E-state index in [1.807, 2.05) is 0 Å². The molecule has 1 aliphatic carbocycles. The lowest BCUT2D eigenvalue weighted by atomic mass is 9.95. The average Bonchev–Trinajstić information content (AvgIpc) is 3.43. The Morgan fingerprint density at radius 3 is 2.05 bits per heavy atom. The highest BCUT2D eigenvalue weighted by Crippen LogP contribution is 2.33. The molecule has 8 rings (SSSR count). The van der Waals surface area contributed by atoms with Gasteiger partial charge in [0.1, 0.15) is 6.17 Å². The van der Waals surface area contributed by atoms with Crippen molar-refractivity contribution in [3.05, 3.63) is 169 Å². The van der Waals surface area contributed by atoms with Crippen LogP contribution in [0.4, 0.5) is 0 Å². The Balaban J connectivity index is 1.03. The van der Waals surface area contributed by atoms with Crippen LogP contribution in [-0.2, 0) is 0 Å². The average molecular weight is 556 g/mol. The molecule has 2 atom stereocenters. The molecule has 0 saturated heterocycles. The van der Waals surface area contributed by atoms with E-state index in [0.717, 1.165) is 12.8 Å². The summed E-state index contributed by atoms with van der Waals surface area (Å²) in [5.74, 6) is 0. The first-order valence-electron chi connectivity index (χ1n) is 15.2. The number of para-hydroxylation sites is 2. The smallest absolute Gasteiger partial charge is 0.103 e. The maximum Gasteiger partial charge on any atom is 0.103 e. The Kier molecular flexibility index (Phi) is 6.51. The molecular formula is C40H33N3. The first kappa shape index (κ1) is 25.6. The molecule has 0 fully saturated rings. The van der Waals surface area contributed by atoms with Gasteiger partial charge in [0.05, 0.1) is 17.1 Å². The number of hydrogen-bond donors (Lipinski definition) is 2. The Morgan fingerprint density at radius 2 is 1.33 bits per heavy atom. The molecule has 1 aromatic heterocycles. The third-order valence-corrected chi connectivity index (χ3v) is 8.75. The van der Waals surface area contributed by atoms with Crippen molar-refractivity contribution >= 4 is 27.4 Å². The van der Waals surface area contributed by atoms with Gasteiger partial charge in [-0.2, -0.15) is 0 Å². The summed E-state index contributed by atoms with van der Waals surface area (Å²) in [6, 6.07) is 44.2. The Hall–Kier alpha value is -5.12. The molecule has 43 heavy (non-hydrogen) atoms. The SMILES string of the molecule is C1=CC(c2ccc(-c3cccc(C4C=CNC(c5ccc(-n6c7ccccc7c7ccccc76)cc5)N4)c3)cc2)=CCC1. The molecule has 1 aliphatic heterocycles. The molecule has 0 radical (unpaired) electrons. The Bertz CT molecular complexity index is 1970. The third-order valence-electron chi connectivity index (χ3n) is 8.75. The first-order valence-corrected chi connectivity index (χ1v) is 15.2. The molecule has 2 aliphatic rings. The molecule has 3 nitrogen and oxygen atoms in total. The molecule has 3 heteroatoms. The number of aromatic nitrogens is 1. The topological polar surface area (TPSA) is 29.0 Å². The monoisotopic (exact) mass is 555 g/mol. The highest BCUT2D eigenvalue weighted by atomic mass is 15.1. The van der Waals surface area contributed by atoms with Crippen LogP contribution in [0.1, 0.15) is 41.7 Å². The second kappa shape index (κ2) is 10.9. The van der Waals surface area contributed by atoms with Crippen LogP contribution in [0.5, 0.6) is 0 Å². The quantitative estimate of drug-likeness (QED) is 0.222. The summed E-state index contributed by atoms with van der Waals surface area (Å²) < 4.78 is 2.36. The van der Waals surface area contributed by atoms with Crippen LogP contribution in [0.25, 0.3) is 44.2 Å². The van der Waals surface area contributed by atoms with Crippen LogP contribution in [0, 0.1) is 0 Å². The van der Waals surface area contributed by atoms with Gasteiger partial charge >= 0.3 is 0 Å². The van der Waals surface area contributed by atoms with Crippen LogP contribution >= 0.6 is 0 Å². The van der Waals surface area contributed by atoms with Crippen molar-refractivity contribution < 1.29 is 0 Å². The molecule has 208 valence electrons. The largest absolute Gasteiger partial charge is 0.372 e. The van der Waals surface area contributed by atoms with Crippen molar-refractivity contribution in [1.29, 1.82) is 0 Å². The molecule has 2 heterocycles. The van der Waals surface area contributed by atoms with E-state index in [1.54, 1.807) is 0 Å². The Morgan fingerprint density at radius 1 is 0.605 bits per heavy atom. The van der Waals surface area contributed by atoms with Gasteiger partial charge in [-0.15, -0.1) is 0 Å². The fourth-order valence-electron chi connectivity index (χ4n) is 6.54. The van der Waals surface area contributed by atoms with E-state index in [1.165, 1.54) is 60.9 Å². The van der Waals surface area contributed by atoms with Crippen LogP contribution in [0.3, 0.4) is 0 Å². The molecule has 0 spiro atoms. The molecular weight excluding hydrogens is 522 g/mol. The van der Waals surface area contributed by atoms with Gasteiger partial charge in [-0.25, -0.2) is 0 Å². The summed E-state index contributed by atoms with van der Waals surface area (Å²) in [7, 11) is 0. The van der Waals surface area contributed by atoms with E-state index in [4.69, 9.17) is 0 Å². The van der Waals surface area contributed by atoms with Gasteiger partial charge in [0.25, 0.3) is 0 Å². The second-order valence-corrected chi connectivity index (χ2v) is 11.4. The van der Waals surface area contributed by atoms with Gasteiger partial charge < -0.3 is 9.88 Å². The summed E-state index contributed by atoms with van der Waals surface area (Å²) in [5.41, 5.74) is 11.2. The minimum Gasteiger partial charge on any atom is -0.372 e. The highest BCUT2D eigenvalue weighted by Gasteiger charge is 2.20. The Labute approximate surface area is 252 Å². The summed E-state index contributed by atoms with van der Waals surface area (Å²) in [6.07, 6.45) is 13.4. The van der Waals surface area contributed by atoms with Gasteiger partial charge in [-0.3, -0.25) is 5.32 Å². The predicted octanol–water partition coefficient (Wildman–Crippen LogP) is 9.63. The standard InChI is InChI=1S/C40H33N3/c1-2-9-28(10-3-1)29-17-19-30(20-18-29)32-11-8-12-33(27-32)37-25-26-41-40(42-37)31-21-23-34(24-22-31)43-38-15-6-4-13-35(38)36-14-5-7-16-39(36)43/h2,4-27,37,40-42H,1,3H2. The lowest BCUT2D eigenvalue weighted by molar-refractivity contribution is 0.433. The van der Waals surface area contributed by atoms with Crippen LogP contribution in [0.2, 0.25) is 0 Å². The van der Waals surface area contributed by atoms with E-state index >= 15 is 0 Å².